The molecule has 1 N–H and O–H groups in total. The lowest BCUT2D eigenvalue weighted by Gasteiger charge is -2.11. The van der Waals surface area contributed by atoms with E-state index in [1.807, 2.05) is 6.92 Å². The Morgan fingerprint density at radius 2 is 2.15 bits per heavy atom. The lowest BCUT2D eigenvalue weighted by Crippen LogP contribution is -2.17. The van der Waals surface area contributed by atoms with E-state index in [1.165, 1.54) is 23.9 Å². The molecule has 0 radical (unpaired) electrons. The molecule has 1 fully saturated rings. The molecule has 2 heterocycles. The number of rotatable bonds is 6. The topological polar surface area (TPSA) is 104 Å². The van der Waals surface area contributed by atoms with Crippen molar-refractivity contribution in [1.29, 1.82) is 0 Å². The summed E-state index contributed by atoms with van der Waals surface area (Å²) < 4.78 is 11.7. The number of nitrogens with one attached hydrogen (secondary N) is 1. The van der Waals surface area contributed by atoms with Gasteiger partial charge in [-0.2, -0.15) is 0 Å². The molecule has 27 heavy (non-hydrogen) atoms. The van der Waals surface area contributed by atoms with Gasteiger partial charge in [-0.05, 0) is 30.7 Å². The van der Waals surface area contributed by atoms with Crippen LogP contribution in [0.25, 0.3) is 6.08 Å². The van der Waals surface area contributed by atoms with Gasteiger partial charge in [0.25, 0.3) is 11.6 Å². The zero-order chi connectivity index (χ0) is 19.4. The maximum atomic E-state index is 11.8. The van der Waals surface area contributed by atoms with Gasteiger partial charge in [-0.15, -0.1) is 0 Å². The van der Waals surface area contributed by atoms with E-state index in [4.69, 9.17) is 21.7 Å². The minimum Gasteiger partial charge on any atom is -0.490 e. The van der Waals surface area contributed by atoms with Crippen LogP contribution in [0, 0.1) is 10.1 Å². The van der Waals surface area contributed by atoms with Crippen molar-refractivity contribution in [3.8, 4) is 17.4 Å². The molecule has 0 saturated carbocycles. The predicted octanol–water partition coefficient (Wildman–Crippen LogP) is 3.67. The molecule has 1 amide bonds. The van der Waals surface area contributed by atoms with E-state index in [-0.39, 0.29) is 17.5 Å². The van der Waals surface area contributed by atoms with Gasteiger partial charge >= 0.3 is 0 Å². The first-order valence-electron chi connectivity index (χ1n) is 7.76. The first-order valence-corrected chi connectivity index (χ1v) is 8.98. The molecular weight excluding hydrogens is 390 g/mol. The van der Waals surface area contributed by atoms with Gasteiger partial charge in [0.1, 0.15) is 10.5 Å². The Labute approximate surface area is 163 Å². The largest absolute Gasteiger partial charge is 0.490 e. The highest BCUT2D eigenvalue weighted by Gasteiger charge is 2.22. The molecule has 3 rings (SSSR count). The summed E-state index contributed by atoms with van der Waals surface area (Å²) >= 11 is 6.17. The molecule has 2 aromatic rings. The Kier molecular flexibility index (Phi) is 5.67. The van der Waals surface area contributed by atoms with Crippen LogP contribution in [-0.2, 0) is 4.79 Å². The van der Waals surface area contributed by atoms with Crippen molar-refractivity contribution in [3.05, 3.63) is 57.1 Å². The maximum absolute atomic E-state index is 11.8. The van der Waals surface area contributed by atoms with E-state index in [2.05, 4.69) is 10.3 Å². The van der Waals surface area contributed by atoms with Gasteiger partial charge in [0, 0.05) is 12.1 Å². The van der Waals surface area contributed by atoms with Crippen LogP contribution < -0.4 is 14.8 Å². The fourth-order valence-electron chi connectivity index (χ4n) is 2.19. The van der Waals surface area contributed by atoms with Crippen molar-refractivity contribution < 1.29 is 19.2 Å². The predicted molar refractivity (Wildman–Crippen MR) is 105 cm³/mol. The number of nitro groups is 1. The molecule has 8 nitrogen and oxygen atoms in total. The molecule has 138 valence electrons. The van der Waals surface area contributed by atoms with Crippen LogP contribution in [0.5, 0.6) is 17.4 Å². The molecule has 0 aliphatic carbocycles. The third-order valence-corrected chi connectivity index (χ3v) is 4.52. The molecule has 0 spiro atoms. The monoisotopic (exact) mass is 403 g/mol. The Morgan fingerprint density at radius 1 is 1.33 bits per heavy atom. The molecule has 1 aromatic heterocycles. The van der Waals surface area contributed by atoms with Crippen molar-refractivity contribution in [3.63, 3.8) is 0 Å². The highest BCUT2D eigenvalue weighted by molar-refractivity contribution is 8.26. The number of nitrogens with zero attached hydrogens (tertiary/aromatic N) is 2. The van der Waals surface area contributed by atoms with Crippen molar-refractivity contribution in [1.82, 2.24) is 10.3 Å². The third kappa shape index (κ3) is 4.60. The second-order valence-corrected chi connectivity index (χ2v) is 6.92. The summed E-state index contributed by atoms with van der Waals surface area (Å²) in [5.41, 5.74) is 0.615. The second kappa shape index (κ2) is 8.14. The Bertz CT molecular complexity index is 944. The van der Waals surface area contributed by atoms with Crippen LogP contribution in [0.15, 0.2) is 41.4 Å². The average molecular weight is 403 g/mol. The van der Waals surface area contributed by atoms with Gasteiger partial charge in [-0.25, -0.2) is 4.98 Å². The van der Waals surface area contributed by atoms with Crippen molar-refractivity contribution >= 4 is 46.0 Å². The maximum Gasteiger partial charge on any atom is 0.287 e. The van der Waals surface area contributed by atoms with Crippen LogP contribution >= 0.6 is 24.0 Å². The van der Waals surface area contributed by atoms with E-state index in [0.717, 1.165) is 11.8 Å². The van der Waals surface area contributed by atoms with Crippen molar-refractivity contribution in [2.75, 3.05) is 6.61 Å². The van der Waals surface area contributed by atoms with Gasteiger partial charge in [0.15, 0.2) is 11.5 Å². The number of aromatic nitrogens is 1. The summed E-state index contributed by atoms with van der Waals surface area (Å²) in [4.78, 5) is 26.4. The number of benzene rings is 1. The zero-order valence-corrected chi connectivity index (χ0v) is 15.6. The first-order chi connectivity index (χ1) is 13.0. The van der Waals surface area contributed by atoms with E-state index in [1.54, 1.807) is 24.3 Å². The van der Waals surface area contributed by atoms with E-state index < -0.39 is 4.92 Å². The molecular formula is C17H13N3O5S2. The molecule has 1 aliphatic heterocycles. The number of carbonyl (C=O) groups excluding carboxylic acids is 1. The van der Waals surface area contributed by atoms with Crippen LogP contribution in [0.2, 0.25) is 0 Å². The van der Waals surface area contributed by atoms with Crippen LogP contribution in [0.4, 0.5) is 5.69 Å². The highest BCUT2D eigenvalue weighted by atomic mass is 32.2. The van der Waals surface area contributed by atoms with Gasteiger partial charge in [-0.3, -0.25) is 14.9 Å². The number of hydrogen-bond donors (Lipinski definition) is 1. The minimum atomic E-state index is -0.534. The van der Waals surface area contributed by atoms with Crippen molar-refractivity contribution in [2.24, 2.45) is 0 Å². The van der Waals surface area contributed by atoms with Gasteiger partial charge in [0.05, 0.1) is 16.4 Å². The second-order valence-electron chi connectivity index (χ2n) is 5.21. The lowest BCUT2D eigenvalue weighted by molar-refractivity contribution is -0.385. The number of ether oxygens (including phenoxy) is 2. The third-order valence-electron chi connectivity index (χ3n) is 3.35. The number of thioether (sulfide) groups is 1. The molecule has 0 bridgehead atoms. The van der Waals surface area contributed by atoms with E-state index in [0.29, 0.717) is 27.3 Å². The summed E-state index contributed by atoms with van der Waals surface area (Å²) in [7, 11) is 0. The number of carbonyl (C=O) groups is 1. The SMILES string of the molecule is CCOc1cc(/C=C2/SC(=S)NC2=O)ccc1Oc1ccc([N+](=O)[O-])cn1. The lowest BCUT2D eigenvalue weighted by atomic mass is 10.2. The quantitative estimate of drug-likeness (QED) is 0.337. The molecule has 1 saturated heterocycles. The number of pyridine rings is 1. The normalized spacial score (nSPS) is 14.9. The molecule has 0 atom stereocenters. The number of amides is 1. The van der Waals surface area contributed by atoms with Crippen molar-refractivity contribution in [2.45, 2.75) is 6.92 Å². The summed E-state index contributed by atoms with van der Waals surface area (Å²) in [5, 5.41) is 13.3. The first kappa shape index (κ1) is 18.8. The average Bonchev–Trinajstić information content (AvgIpc) is 2.95. The van der Waals surface area contributed by atoms with Crippen LogP contribution in [0.3, 0.4) is 0 Å². The standard InChI is InChI=1S/C17H13N3O5S2/c1-2-24-13-7-10(8-14-16(21)19-17(26)27-14)3-5-12(13)25-15-6-4-11(9-18-15)20(22)23/h3-9H,2H2,1H3,(H,19,21,26)/b14-8+. The molecule has 10 heteroatoms. The Morgan fingerprint density at radius 3 is 2.74 bits per heavy atom. The Balaban J connectivity index is 1.85. The van der Waals surface area contributed by atoms with Crippen LogP contribution in [0.1, 0.15) is 12.5 Å². The fraction of sp³-hybridized carbons (Fsp3) is 0.118. The fourth-order valence-corrected chi connectivity index (χ4v) is 3.24. The van der Waals surface area contributed by atoms with E-state index in [9.17, 15) is 14.9 Å². The highest BCUT2D eigenvalue weighted by Crippen LogP contribution is 2.34. The minimum absolute atomic E-state index is 0.125. The van der Waals surface area contributed by atoms with Gasteiger partial charge < -0.3 is 14.8 Å². The molecule has 1 aliphatic rings. The molecule has 0 unspecified atom stereocenters. The van der Waals surface area contributed by atoms with E-state index >= 15 is 0 Å². The Hall–Kier alpha value is -2.98. The number of thiocarbonyl (C=S) groups is 1. The summed E-state index contributed by atoms with van der Waals surface area (Å²) in [6.07, 6.45) is 2.82. The zero-order valence-electron chi connectivity index (χ0n) is 14.0. The van der Waals surface area contributed by atoms with Crippen LogP contribution in [-0.4, -0.2) is 26.7 Å². The van der Waals surface area contributed by atoms with Gasteiger partial charge in [0.2, 0.25) is 5.88 Å². The summed E-state index contributed by atoms with van der Waals surface area (Å²) in [6.45, 7) is 2.24. The summed E-state index contributed by atoms with van der Waals surface area (Å²) in [6, 6.07) is 7.87. The smallest absolute Gasteiger partial charge is 0.287 e. The molecule has 1 aromatic carbocycles. The number of hydrogen-bond acceptors (Lipinski definition) is 8. The summed E-state index contributed by atoms with van der Waals surface area (Å²) in [5.74, 6) is 0.819. The van der Waals surface area contributed by atoms with Gasteiger partial charge in [-0.1, -0.05) is 30.0 Å².